The molecule has 4 aliphatic heterocycles. The topological polar surface area (TPSA) is 98.8 Å². The van der Waals surface area contributed by atoms with Crippen LogP contribution in [0.5, 0.6) is 0 Å². The molecule has 5 aliphatic rings. The summed E-state index contributed by atoms with van der Waals surface area (Å²) >= 11 is 0. The minimum atomic E-state index is -0.910. The number of hydrogen-bond acceptors (Lipinski definition) is 6. The van der Waals surface area contributed by atoms with Crippen molar-refractivity contribution in [3.05, 3.63) is 34.4 Å². The highest BCUT2D eigenvalue weighted by Gasteiger charge is 2.47. The Bertz CT molecular complexity index is 992. The number of carbonyl (C=O) groups excluding carboxylic acids is 4. The minimum absolute atomic E-state index is 0.133. The van der Waals surface area contributed by atoms with Crippen molar-refractivity contribution < 1.29 is 19.2 Å². The number of nitrogens with one attached hydrogen (secondary N) is 2. The molecule has 1 aromatic carbocycles. The molecule has 1 spiro atoms. The number of fused-ring (bicyclic) bond motifs is 2. The molecule has 1 atom stereocenters. The first-order chi connectivity index (χ1) is 15.4. The molecule has 8 heteroatoms. The van der Waals surface area contributed by atoms with Gasteiger partial charge in [-0.1, -0.05) is 0 Å². The second kappa shape index (κ2) is 7.22. The van der Waals surface area contributed by atoms with Crippen molar-refractivity contribution in [3.8, 4) is 0 Å². The maximum atomic E-state index is 13.0. The fourth-order valence-electron chi connectivity index (χ4n) is 6.59. The predicted octanol–water partition coefficient (Wildman–Crippen LogP) is 1.18. The molecule has 6 rings (SSSR count). The number of benzene rings is 1. The second-order valence-corrected chi connectivity index (χ2v) is 10.3. The third kappa shape index (κ3) is 3.11. The molecule has 2 saturated heterocycles. The molecule has 1 aliphatic carbocycles. The maximum absolute atomic E-state index is 13.0. The number of hydrogen-bond donors (Lipinski definition) is 2. The van der Waals surface area contributed by atoms with Crippen molar-refractivity contribution in [2.75, 3.05) is 19.6 Å². The van der Waals surface area contributed by atoms with Crippen LogP contribution < -0.4 is 10.6 Å². The molecule has 4 amide bonds. The molecule has 8 nitrogen and oxygen atoms in total. The van der Waals surface area contributed by atoms with Crippen LogP contribution in [0, 0.1) is 11.3 Å². The van der Waals surface area contributed by atoms with Crippen LogP contribution in [0.4, 0.5) is 0 Å². The highest BCUT2D eigenvalue weighted by molar-refractivity contribution is 6.23. The van der Waals surface area contributed by atoms with Gasteiger partial charge in [0, 0.05) is 26.1 Å². The van der Waals surface area contributed by atoms with Gasteiger partial charge >= 0.3 is 0 Å². The van der Waals surface area contributed by atoms with Gasteiger partial charge in [0.15, 0.2) is 0 Å². The van der Waals surface area contributed by atoms with Gasteiger partial charge in [0.05, 0.1) is 11.1 Å². The summed E-state index contributed by atoms with van der Waals surface area (Å²) in [5.41, 5.74) is 3.55. The van der Waals surface area contributed by atoms with Crippen LogP contribution in [-0.4, -0.2) is 59.1 Å². The van der Waals surface area contributed by atoms with E-state index in [0.29, 0.717) is 16.5 Å². The number of carbonyl (C=O) groups is 4. The van der Waals surface area contributed by atoms with Gasteiger partial charge in [-0.25, -0.2) is 0 Å². The summed E-state index contributed by atoms with van der Waals surface area (Å²) in [6, 6.07) is 2.80. The van der Waals surface area contributed by atoms with Gasteiger partial charge in [0.25, 0.3) is 11.8 Å². The molecule has 168 valence electrons. The van der Waals surface area contributed by atoms with Crippen molar-refractivity contribution in [1.82, 2.24) is 20.4 Å². The van der Waals surface area contributed by atoms with E-state index in [9.17, 15) is 19.2 Å². The van der Waals surface area contributed by atoms with Gasteiger partial charge in [0.1, 0.15) is 6.04 Å². The standard InChI is InChI=1S/C24H28N4O4/c29-20-2-1-19(21(30)26-20)28-22(31)17-7-15-12-27(13-16(15)8-18(17)23(28)32)11-14-9-24(10-14)3-5-25-6-4-24/h7-8,14,19,25H,1-6,9-13H2,(H,26,29,30). The Hall–Kier alpha value is -2.58. The lowest BCUT2D eigenvalue weighted by molar-refractivity contribution is -0.136. The molecule has 4 heterocycles. The largest absolute Gasteiger partial charge is 0.317 e. The zero-order chi connectivity index (χ0) is 22.0. The van der Waals surface area contributed by atoms with Gasteiger partial charge in [-0.15, -0.1) is 0 Å². The van der Waals surface area contributed by atoms with Crippen molar-refractivity contribution in [2.45, 2.75) is 57.7 Å². The third-order valence-corrected chi connectivity index (χ3v) is 8.17. The SMILES string of the molecule is O=C1CCC(N2C(=O)c3cc4c(cc3C2=O)CN(CC2CC3(CCNCC3)C2)C4)C(=O)N1. The Morgan fingerprint density at radius 3 is 2.16 bits per heavy atom. The summed E-state index contributed by atoms with van der Waals surface area (Å²) in [5, 5.41) is 5.70. The van der Waals surface area contributed by atoms with E-state index in [1.165, 1.54) is 25.7 Å². The van der Waals surface area contributed by atoms with Crippen LogP contribution in [0.3, 0.4) is 0 Å². The maximum Gasteiger partial charge on any atom is 0.262 e. The van der Waals surface area contributed by atoms with Gasteiger partial charge in [-0.3, -0.25) is 34.3 Å². The van der Waals surface area contributed by atoms with Crippen LogP contribution in [0.1, 0.15) is 70.4 Å². The molecule has 32 heavy (non-hydrogen) atoms. The summed E-state index contributed by atoms with van der Waals surface area (Å²) in [6.45, 7) is 4.95. The Morgan fingerprint density at radius 1 is 0.938 bits per heavy atom. The summed E-state index contributed by atoms with van der Waals surface area (Å²) in [5.74, 6) is -1.04. The van der Waals surface area contributed by atoms with Gasteiger partial charge in [0.2, 0.25) is 11.8 Å². The van der Waals surface area contributed by atoms with Gasteiger partial charge in [-0.2, -0.15) is 0 Å². The zero-order valence-corrected chi connectivity index (χ0v) is 18.1. The van der Waals surface area contributed by atoms with Gasteiger partial charge < -0.3 is 5.32 Å². The fraction of sp³-hybridized carbons (Fsp3) is 0.583. The van der Waals surface area contributed by atoms with E-state index in [0.717, 1.165) is 54.7 Å². The Labute approximate surface area is 186 Å². The van der Waals surface area contributed by atoms with Crippen molar-refractivity contribution >= 4 is 23.6 Å². The lowest BCUT2D eigenvalue weighted by Crippen LogP contribution is -2.54. The van der Waals surface area contributed by atoms with E-state index in [1.54, 1.807) is 0 Å². The second-order valence-electron chi connectivity index (χ2n) is 10.3. The van der Waals surface area contributed by atoms with E-state index < -0.39 is 23.8 Å². The van der Waals surface area contributed by atoms with E-state index >= 15 is 0 Å². The van der Waals surface area contributed by atoms with Crippen LogP contribution >= 0.6 is 0 Å². The monoisotopic (exact) mass is 436 g/mol. The first kappa shape index (κ1) is 20.1. The van der Waals surface area contributed by atoms with Crippen LogP contribution in [-0.2, 0) is 22.7 Å². The molecule has 1 unspecified atom stereocenters. The average Bonchev–Trinajstić information content (AvgIpc) is 3.24. The third-order valence-electron chi connectivity index (χ3n) is 8.17. The fourth-order valence-corrected chi connectivity index (χ4v) is 6.59. The normalized spacial score (nSPS) is 27.5. The molecular weight excluding hydrogens is 408 g/mol. The predicted molar refractivity (Wildman–Crippen MR) is 114 cm³/mol. The molecule has 2 N–H and O–H groups in total. The molecule has 3 fully saturated rings. The zero-order valence-electron chi connectivity index (χ0n) is 18.1. The van der Waals surface area contributed by atoms with E-state index in [-0.39, 0.29) is 18.7 Å². The molecule has 0 bridgehead atoms. The quantitative estimate of drug-likeness (QED) is 0.691. The smallest absolute Gasteiger partial charge is 0.262 e. The van der Waals surface area contributed by atoms with E-state index in [2.05, 4.69) is 15.5 Å². The number of imide groups is 2. The number of rotatable bonds is 3. The number of amides is 4. The first-order valence-corrected chi connectivity index (χ1v) is 11.7. The van der Waals surface area contributed by atoms with Gasteiger partial charge in [-0.05, 0) is 79.8 Å². The summed E-state index contributed by atoms with van der Waals surface area (Å²) < 4.78 is 0. The first-order valence-electron chi connectivity index (χ1n) is 11.7. The average molecular weight is 437 g/mol. The lowest BCUT2D eigenvalue weighted by atomic mass is 9.57. The highest BCUT2D eigenvalue weighted by atomic mass is 16.2. The molecular formula is C24H28N4O4. The number of nitrogens with zero attached hydrogens (tertiary/aromatic N) is 2. The number of piperidine rings is 2. The van der Waals surface area contributed by atoms with Crippen molar-refractivity contribution in [1.29, 1.82) is 0 Å². The molecule has 1 saturated carbocycles. The highest BCUT2D eigenvalue weighted by Crippen LogP contribution is 2.52. The molecule has 0 aromatic heterocycles. The summed E-state index contributed by atoms with van der Waals surface area (Å²) in [6.07, 6.45) is 5.54. The van der Waals surface area contributed by atoms with E-state index in [4.69, 9.17) is 0 Å². The van der Waals surface area contributed by atoms with Crippen molar-refractivity contribution in [3.63, 3.8) is 0 Å². The Balaban J connectivity index is 1.14. The Kier molecular flexibility index (Phi) is 4.52. The molecule has 0 radical (unpaired) electrons. The van der Waals surface area contributed by atoms with Crippen LogP contribution in [0.25, 0.3) is 0 Å². The van der Waals surface area contributed by atoms with Crippen molar-refractivity contribution in [2.24, 2.45) is 11.3 Å². The Morgan fingerprint density at radius 2 is 1.56 bits per heavy atom. The lowest BCUT2D eigenvalue weighted by Gasteiger charge is -2.51. The van der Waals surface area contributed by atoms with Crippen LogP contribution in [0.2, 0.25) is 0 Å². The molecule has 1 aromatic rings. The minimum Gasteiger partial charge on any atom is -0.317 e. The van der Waals surface area contributed by atoms with Crippen LogP contribution in [0.15, 0.2) is 12.1 Å². The summed E-state index contributed by atoms with van der Waals surface area (Å²) in [7, 11) is 0. The van der Waals surface area contributed by atoms with E-state index in [1.807, 2.05) is 12.1 Å². The summed E-state index contributed by atoms with van der Waals surface area (Å²) in [4.78, 5) is 53.2.